The SMILES string of the molecule is CCOc1ccc(-n2nnc(C(=O)N3CCC4(CCCCc5ccccc5OCCN(C(C)C)C4=O)CC3)c2C)cc1. The maximum Gasteiger partial charge on any atom is 0.276 e. The summed E-state index contributed by atoms with van der Waals surface area (Å²) in [5, 5.41) is 8.55. The molecule has 2 aliphatic rings. The number of rotatable bonds is 5. The van der Waals surface area contributed by atoms with Crippen LogP contribution in [0.5, 0.6) is 11.5 Å². The second-order valence-electron chi connectivity index (χ2n) is 11.7. The molecule has 1 fully saturated rings. The van der Waals surface area contributed by atoms with Crippen molar-refractivity contribution < 1.29 is 19.1 Å². The maximum absolute atomic E-state index is 14.2. The van der Waals surface area contributed by atoms with Crippen LogP contribution in [0, 0.1) is 12.3 Å². The van der Waals surface area contributed by atoms with E-state index in [4.69, 9.17) is 9.47 Å². The van der Waals surface area contributed by atoms with Crippen molar-refractivity contribution in [2.45, 2.75) is 72.3 Å². The molecule has 1 saturated heterocycles. The fourth-order valence-electron chi connectivity index (χ4n) is 6.26. The summed E-state index contributed by atoms with van der Waals surface area (Å²) in [4.78, 5) is 31.6. The molecule has 9 nitrogen and oxygen atoms in total. The van der Waals surface area contributed by atoms with Gasteiger partial charge in [-0.05, 0) is 95.7 Å². The van der Waals surface area contributed by atoms with E-state index in [-0.39, 0.29) is 17.9 Å². The number of piperidine rings is 1. The second kappa shape index (κ2) is 13.0. The van der Waals surface area contributed by atoms with E-state index < -0.39 is 5.41 Å². The van der Waals surface area contributed by atoms with Crippen molar-refractivity contribution in [2.24, 2.45) is 5.41 Å². The summed E-state index contributed by atoms with van der Waals surface area (Å²) in [6.45, 7) is 10.6. The van der Waals surface area contributed by atoms with Crippen LogP contribution in [0.4, 0.5) is 0 Å². The smallest absolute Gasteiger partial charge is 0.276 e. The van der Waals surface area contributed by atoms with Crippen LogP contribution < -0.4 is 9.47 Å². The van der Waals surface area contributed by atoms with Gasteiger partial charge in [-0.15, -0.1) is 5.10 Å². The number of para-hydroxylation sites is 1. The molecule has 5 rings (SSSR count). The Balaban J connectivity index is 1.30. The van der Waals surface area contributed by atoms with Gasteiger partial charge in [-0.2, -0.15) is 0 Å². The Kier molecular flexibility index (Phi) is 9.14. The summed E-state index contributed by atoms with van der Waals surface area (Å²) < 4.78 is 13.4. The Morgan fingerprint density at radius 3 is 2.48 bits per heavy atom. The predicted octanol–water partition coefficient (Wildman–Crippen LogP) is 5.24. The second-order valence-corrected chi connectivity index (χ2v) is 11.7. The van der Waals surface area contributed by atoms with Gasteiger partial charge in [0, 0.05) is 19.1 Å². The van der Waals surface area contributed by atoms with Crippen LogP contribution in [0.2, 0.25) is 0 Å². The monoisotopic (exact) mass is 573 g/mol. The van der Waals surface area contributed by atoms with E-state index in [1.165, 1.54) is 5.56 Å². The van der Waals surface area contributed by atoms with E-state index in [1.54, 1.807) is 4.68 Å². The normalized spacial score (nSPS) is 17.8. The number of amides is 2. The van der Waals surface area contributed by atoms with Crippen LogP contribution in [-0.2, 0) is 11.2 Å². The molecular formula is C33H43N5O4. The first kappa shape index (κ1) is 29.6. The molecule has 2 aromatic carbocycles. The van der Waals surface area contributed by atoms with Gasteiger partial charge >= 0.3 is 0 Å². The summed E-state index contributed by atoms with van der Waals surface area (Å²) in [6, 6.07) is 15.9. The van der Waals surface area contributed by atoms with Crippen molar-refractivity contribution in [3.05, 3.63) is 65.5 Å². The average Bonchev–Trinajstić information content (AvgIpc) is 3.38. The van der Waals surface area contributed by atoms with Crippen molar-refractivity contribution >= 4 is 11.8 Å². The summed E-state index contributed by atoms with van der Waals surface area (Å²) in [7, 11) is 0. The molecule has 3 heterocycles. The molecule has 0 aliphatic carbocycles. The minimum absolute atomic E-state index is 0.0658. The minimum Gasteiger partial charge on any atom is -0.494 e. The molecule has 2 amide bonds. The lowest BCUT2D eigenvalue weighted by Crippen LogP contribution is -2.53. The fraction of sp³-hybridized carbons (Fsp3) is 0.515. The van der Waals surface area contributed by atoms with Crippen molar-refractivity contribution in [1.82, 2.24) is 24.8 Å². The number of carbonyl (C=O) groups is 2. The van der Waals surface area contributed by atoms with Gasteiger partial charge in [-0.3, -0.25) is 9.59 Å². The molecule has 0 bridgehead atoms. The highest BCUT2D eigenvalue weighted by atomic mass is 16.5. The molecule has 1 spiro atoms. The number of hydrogen-bond acceptors (Lipinski definition) is 6. The number of hydrogen-bond donors (Lipinski definition) is 0. The molecular weight excluding hydrogens is 530 g/mol. The molecule has 0 unspecified atom stereocenters. The number of aryl methyl sites for hydroxylation is 1. The van der Waals surface area contributed by atoms with E-state index >= 15 is 0 Å². The number of ether oxygens (including phenoxy) is 2. The highest BCUT2D eigenvalue weighted by molar-refractivity contribution is 5.93. The minimum atomic E-state index is -0.477. The summed E-state index contributed by atoms with van der Waals surface area (Å²) in [5.41, 5.74) is 2.61. The zero-order valence-electron chi connectivity index (χ0n) is 25.3. The molecule has 1 aromatic heterocycles. The number of aromatic nitrogens is 3. The molecule has 0 N–H and O–H groups in total. The van der Waals surface area contributed by atoms with E-state index in [9.17, 15) is 9.59 Å². The molecule has 9 heteroatoms. The van der Waals surface area contributed by atoms with E-state index in [0.717, 1.165) is 42.9 Å². The van der Waals surface area contributed by atoms with Crippen LogP contribution in [0.25, 0.3) is 5.69 Å². The largest absolute Gasteiger partial charge is 0.494 e. The van der Waals surface area contributed by atoms with Crippen molar-refractivity contribution in [2.75, 3.05) is 32.8 Å². The summed E-state index contributed by atoms with van der Waals surface area (Å²) >= 11 is 0. The number of nitrogens with zero attached hydrogens (tertiary/aromatic N) is 5. The number of benzene rings is 2. The number of likely N-dealkylation sites (tertiary alicyclic amines) is 1. The van der Waals surface area contributed by atoms with Gasteiger partial charge in [0.25, 0.3) is 5.91 Å². The van der Waals surface area contributed by atoms with Gasteiger partial charge in [-0.1, -0.05) is 29.8 Å². The average molecular weight is 574 g/mol. The van der Waals surface area contributed by atoms with Gasteiger partial charge in [0.15, 0.2) is 5.69 Å². The van der Waals surface area contributed by atoms with Crippen LogP contribution in [0.1, 0.15) is 74.6 Å². The zero-order valence-corrected chi connectivity index (χ0v) is 25.3. The quantitative estimate of drug-likeness (QED) is 0.415. The number of fused-ring (bicyclic) bond motifs is 1. The third kappa shape index (κ3) is 6.15. The molecule has 224 valence electrons. The van der Waals surface area contributed by atoms with Gasteiger partial charge in [0.05, 0.1) is 29.9 Å². The standard InChI is InChI=1S/C33H43N5O4/c1-5-41-28-15-13-27(14-16-28)38-25(4)30(34-35-38)31(39)36-20-18-33(19-21-36)17-9-8-11-26-10-6-7-12-29(26)42-23-22-37(24(2)3)32(33)40/h6-7,10,12-16,24H,5,8-9,11,17-23H2,1-4H3. The molecule has 0 atom stereocenters. The maximum atomic E-state index is 14.2. The van der Waals surface area contributed by atoms with Crippen molar-refractivity contribution in [3.63, 3.8) is 0 Å². The topological polar surface area (TPSA) is 89.8 Å². The van der Waals surface area contributed by atoms with Crippen LogP contribution in [0.3, 0.4) is 0 Å². The van der Waals surface area contributed by atoms with Gasteiger partial charge < -0.3 is 19.3 Å². The molecule has 0 saturated carbocycles. The lowest BCUT2D eigenvalue weighted by Gasteiger charge is -2.44. The zero-order chi connectivity index (χ0) is 29.7. The van der Waals surface area contributed by atoms with Crippen LogP contribution in [0.15, 0.2) is 48.5 Å². The first-order valence-corrected chi connectivity index (χ1v) is 15.3. The Morgan fingerprint density at radius 1 is 1.02 bits per heavy atom. The Morgan fingerprint density at radius 2 is 1.76 bits per heavy atom. The van der Waals surface area contributed by atoms with Crippen LogP contribution in [-0.4, -0.2) is 75.5 Å². The number of carbonyl (C=O) groups excluding carboxylic acids is 2. The summed E-state index contributed by atoms with van der Waals surface area (Å²) in [5.74, 6) is 1.77. The first-order chi connectivity index (χ1) is 20.3. The van der Waals surface area contributed by atoms with E-state index in [2.05, 4.69) is 36.3 Å². The molecule has 3 aromatic rings. The van der Waals surface area contributed by atoms with Gasteiger partial charge in [0.1, 0.15) is 18.1 Å². The highest BCUT2D eigenvalue weighted by Crippen LogP contribution is 2.40. The fourth-order valence-corrected chi connectivity index (χ4v) is 6.26. The third-order valence-electron chi connectivity index (χ3n) is 8.75. The van der Waals surface area contributed by atoms with Crippen LogP contribution >= 0.6 is 0 Å². The molecule has 0 radical (unpaired) electrons. The van der Waals surface area contributed by atoms with Crippen molar-refractivity contribution in [1.29, 1.82) is 0 Å². The third-order valence-corrected chi connectivity index (χ3v) is 8.75. The molecule has 2 aliphatic heterocycles. The van der Waals surface area contributed by atoms with E-state index in [0.29, 0.717) is 57.1 Å². The predicted molar refractivity (Wildman–Crippen MR) is 161 cm³/mol. The van der Waals surface area contributed by atoms with E-state index in [1.807, 2.05) is 60.0 Å². The highest BCUT2D eigenvalue weighted by Gasteiger charge is 2.45. The van der Waals surface area contributed by atoms with Gasteiger partial charge in [0.2, 0.25) is 5.91 Å². The Hall–Kier alpha value is -3.88. The lowest BCUT2D eigenvalue weighted by atomic mass is 9.72. The van der Waals surface area contributed by atoms with Crippen molar-refractivity contribution in [3.8, 4) is 17.2 Å². The lowest BCUT2D eigenvalue weighted by molar-refractivity contribution is -0.148. The Labute approximate surface area is 248 Å². The Bertz CT molecular complexity index is 1380. The van der Waals surface area contributed by atoms with Gasteiger partial charge in [-0.25, -0.2) is 4.68 Å². The summed E-state index contributed by atoms with van der Waals surface area (Å²) in [6.07, 6.45) is 4.99. The first-order valence-electron chi connectivity index (χ1n) is 15.3. The molecule has 42 heavy (non-hydrogen) atoms.